The number of benzene rings is 2. The fourth-order valence-electron chi connectivity index (χ4n) is 2.38. The van der Waals surface area contributed by atoms with Crippen molar-refractivity contribution in [3.8, 4) is 11.5 Å². The second-order valence-corrected chi connectivity index (χ2v) is 6.18. The van der Waals surface area contributed by atoms with Crippen LogP contribution >= 0.6 is 11.3 Å². The molecule has 0 saturated carbocycles. The number of ether oxygens (including phenoxy) is 2. The molecular formula is C17H15N3O2S. The fourth-order valence-corrected chi connectivity index (χ4v) is 3.19. The summed E-state index contributed by atoms with van der Waals surface area (Å²) >= 11 is 1.58. The fraction of sp³-hybridized carbons (Fsp3) is 0.176. The monoisotopic (exact) mass is 325 g/mol. The van der Waals surface area contributed by atoms with Gasteiger partial charge in [0.25, 0.3) is 0 Å². The Bertz CT molecular complexity index is 855. The molecule has 0 unspecified atom stereocenters. The predicted molar refractivity (Wildman–Crippen MR) is 92.9 cm³/mol. The first-order valence-electron chi connectivity index (χ1n) is 7.35. The summed E-state index contributed by atoms with van der Waals surface area (Å²) < 4.78 is 12.3. The molecule has 0 atom stereocenters. The van der Waals surface area contributed by atoms with Crippen molar-refractivity contribution >= 4 is 32.4 Å². The summed E-state index contributed by atoms with van der Waals surface area (Å²) in [4.78, 5) is 4.50. The highest BCUT2D eigenvalue weighted by Gasteiger charge is 2.12. The molecule has 0 amide bonds. The summed E-state index contributed by atoms with van der Waals surface area (Å²) in [6, 6.07) is 13.9. The molecule has 116 valence electrons. The zero-order chi connectivity index (χ0) is 15.6. The van der Waals surface area contributed by atoms with Crippen molar-refractivity contribution in [3.05, 3.63) is 48.0 Å². The number of nitrogens with zero attached hydrogens (tertiary/aromatic N) is 2. The van der Waals surface area contributed by atoms with E-state index in [0.29, 0.717) is 13.2 Å². The van der Waals surface area contributed by atoms with Gasteiger partial charge in [0, 0.05) is 5.56 Å². The number of aromatic nitrogens is 1. The van der Waals surface area contributed by atoms with Gasteiger partial charge in [-0.1, -0.05) is 23.5 Å². The third-order valence-corrected chi connectivity index (χ3v) is 4.51. The highest BCUT2D eigenvalue weighted by molar-refractivity contribution is 7.22. The van der Waals surface area contributed by atoms with E-state index in [9.17, 15) is 0 Å². The van der Waals surface area contributed by atoms with E-state index < -0.39 is 0 Å². The number of hydrogen-bond donors (Lipinski definition) is 1. The Morgan fingerprint density at radius 3 is 2.83 bits per heavy atom. The lowest BCUT2D eigenvalue weighted by Gasteiger charge is -2.18. The molecule has 0 fully saturated rings. The van der Waals surface area contributed by atoms with Crippen LogP contribution in [0.1, 0.15) is 12.5 Å². The molecule has 0 spiro atoms. The van der Waals surface area contributed by atoms with Gasteiger partial charge in [0.15, 0.2) is 11.5 Å². The van der Waals surface area contributed by atoms with Gasteiger partial charge in [0.2, 0.25) is 5.13 Å². The Hall–Kier alpha value is -2.60. The van der Waals surface area contributed by atoms with E-state index in [1.807, 2.05) is 43.3 Å². The largest absolute Gasteiger partial charge is 0.486 e. The summed E-state index contributed by atoms with van der Waals surface area (Å²) in [5.74, 6) is 1.55. The molecule has 1 N–H and O–H groups in total. The zero-order valence-electron chi connectivity index (χ0n) is 12.6. The molecule has 1 aromatic heterocycles. The molecule has 0 bridgehead atoms. The van der Waals surface area contributed by atoms with Crippen LogP contribution in [-0.2, 0) is 0 Å². The normalized spacial score (nSPS) is 14.0. The van der Waals surface area contributed by atoms with E-state index in [1.165, 1.54) is 0 Å². The molecular weight excluding hydrogens is 310 g/mol. The van der Waals surface area contributed by atoms with E-state index in [0.717, 1.165) is 38.1 Å². The van der Waals surface area contributed by atoms with Crippen molar-refractivity contribution in [1.82, 2.24) is 4.98 Å². The first kappa shape index (κ1) is 14.0. The van der Waals surface area contributed by atoms with E-state index in [2.05, 4.69) is 21.6 Å². The number of nitrogens with one attached hydrogen (secondary N) is 1. The van der Waals surface area contributed by atoms with Crippen molar-refractivity contribution in [2.45, 2.75) is 6.92 Å². The number of rotatable bonds is 3. The molecule has 23 heavy (non-hydrogen) atoms. The highest BCUT2D eigenvalue weighted by Crippen LogP contribution is 2.31. The molecule has 1 aliphatic rings. The number of para-hydroxylation sites is 1. The average Bonchev–Trinajstić information content (AvgIpc) is 3.02. The van der Waals surface area contributed by atoms with Crippen LogP contribution in [0.15, 0.2) is 47.6 Å². The SMILES string of the molecule is C/C(=N\Nc1nc2ccccc2s1)c1ccc2c(c1)OCCO2. The van der Waals surface area contributed by atoms with Gasteiger partial charge in [0.05, 0.1) is 15.9 Å². The molecule has 2 heterocycles. The van der Waals surface area contributed by atoms with Crippen LogP contribution in [0.5, 0.6) is 11.5 Å². The minimum Gasteiger partial charge on any atom is -0.486 e. The summed E-state index contributed by atoms with van der Waals surface area (Å²) in [5.41, 5.74) is 5.87. The van der Waals surface area contributed by atoms with Crippen LogP contribution in [0.4, 0.5) is 5.13 Å². The van der Waals surface area contributed by atoms with Gasteiger partial charge in [-0.2, -0.15) is 5.10 Å². The van der Waals surface area contributed by atoms with Crippen molar-refractivity contribution in [1.29, 1.82) is 0 Å². The molecule has 2 aromatic carbocycles. The van der Waals surface area contributed by atoms with Gasteiger partial charge in [-0.3, -0.25) is 5.43 Å². The molecule has 1 aliphatic heterocycles. The maximum atomic E-state index is 5.61. The number of fused-ring (bicyclic) bond motifs is 2. The van der Waals surface area contributed by atoms with Crippen molar-refractivity contribution in [2.24, 2.45) is 5.10 Å². The van der Waals surface area contributed by atoms with Gasteiger partial charge in [-0.05, 0) is 37.3 Å². The van der Waals surface area contributed by atoms with Gasteiger partial charge >= 0.3 is 0 Å². The van der Waals surface area contributed by atoms with Crippen LogP contribution in [-0.4, -0.2) is 23.9 Å². The van der Waals surface area contributed by atoms with E-state index in [1.54, 1.807) is 11.3 Å². The zero-order valence-corrected chi connectivity index (χ0v) is 13.4. The maximum absolute atomic E-state index is 5.61. The predicted octanol–water partition coefficient (Wildman–Crippen LogP) is 3.90. The Labute approximate surface area is 137 Å². The Kier molecular flexibility index (Phi) is 3.59. The minimum atomic E-state index is 0.580. The minimum absolute atomic E-state index is 0.580. The van der Waals surface area contributed by atoms with Crippen LogP contribution < -0.4 is 14.9 Å². The van der Waals surface area contributed by atoms with Crippen LogP contribution in [0.3, 0.4) is 0 Å². The lowest BCUT2D eigenvalue weighted by atomic mass is 10.1. The summed E-state index contributed by atoms with van der Waals surface area (Å²) in [6.45, 7) is 3.13. The van der Waals surface area contributed by atoms with Crippen molar-refractivity contribution < 1.29 is 9.47 Å². The number of hydrogen-bond acceptors (Lipinski definition) is 6. The van der Waals surface area contributed by atoms with Crippen LogP contribution in [0.2, 0.25) is 0 Å². The van der Waals surface area contributed by atoms with E-state index in [4.69, 9.17) is 9.47 Å². The average molecular weight is 325 g/mol. The number of thiazole rings is 1. The molecule has 0 radical (unpaired) electrons. The second-order valence-electron chi connectivity index (χ2n) is 5.15. The second kappa shape index (κ2) is 5.89. The van der Waals surface area contributed by atoms with Crippen LogP contribution in [0.25, 0.3) is 10.2 Å². The topological polar surface area (TPSA) is 55.7 Å². The molecule has 5 nitrogen and oxygen atoms in total. The Morgan fingerprint density at radius 2 is 1.96 bits per heavy atom. The van der Waals surface area contributed by atoms with Gasteiger partial charge < -0.3 is 9.47 Å². The molecule has 4 rings (SSSR count). The smallest absolute Gasteiger partial charge is 0.204 e. The third-order valence-electron chi connectivity index (χ3n) is 3.57. The van der Waals surface area contributed by atoms with E-state index >= 15 is 0 Å². The number of hydrazone groups is 1. The highest BCUT2D eigenvalue weighted by atomic mass is 32.1. The Morgan fingerprint density at radius 1 is 1.13 bits per heavy atom. The summed E-state index contributed by atoms with van der Waals surface area (Å²) in [7, 11) is 0. The first-order valence-corrected chi connectivity index (χ1v) is 8.17. The van der Waals surface area contributed by atoms with Gasteiger partial charge in [-0.25, -0.2) is 4.98 Å². The third kappa shape index (κ3) is 2.85. The Balaban J connectivity index is 1.56. The molecule has 0 aliphatic carbocycles. The summed E-state index contributed by atoms with van der Waals surface area (Å²) in [6.07, 6.45) is 0. The quantitative estimate of drug-likeness (QED) is 0.586. The van der Waals surface area contributed by atoms with Gasteiger partial charge in [-0.15, -0.1) is 0 Å². The maximum Gasteiger partial charge on any atom is 0.204 e. The lowest BCUT2D eigenvalue weighted by molar-refractivity contribution is 0.171. The number of anilines is 1. The lowest BCUT2D eigenvalue weighted by Crippen LogP contribution is -2.15. The standard InChI is InChI=1S/C17H15N3O2S/c1-11(12-6-7-14-15(10-12)22-9-8-21-14)19-20-17-18-13-4-2-3-5-16(13)23-17/h2-7,10H,8-9H2,1H3,(H,18,20)/b19-11+. The molecule has 3 aromatic rings. The van der Waals surface area contributed by atoms with Gasteiger partial charge in [0.1, 0.15) is 13.2 Å². The van der Waals surface area contributed by atoms with E-state index in [-0.39, 0.29) is 0 Å². The van der Waals surface area contributed by atoms with Crippen LogP contribution in [0, 0.1) is 0 Å². The van der Waals surface area contributed by atoms with Crippen molar-refractivity contribution in [2.75, 3.05) is 18.6 Å². The molecule has 6 heteroatoms. The molecule has 0 saturated heterocycles. The first-order chi connectivity index (χ1) is 11.3. The summed E-state index contributed by atoms with van der Waals surface area (Å²) in [5, 5.41) is 5.21. The van der Waals surface area contributed by atoms with Crippen molar-refractivity contribution in [3.63, 3.8) is 0 Å².